The molecule has 0 aliphatic rings. The molecule has 122 valence electrons. The van der Waals surface area contributed by atoms with Crippen molar-refractivity contribution in [2.24, 2.45) is 0 Å². The van der Waals surface area contributed by atoms with E-state index in [0.717, 1.165) is 10.2 Å². The molecule has 1 amide bonds. The molecular weight excluding hydrogens is 372 g/mol. The minimum atomic E-state index is -0.188. The molecule has 1 heterocycles. The molecule has 0 saturated heterocycles. The van der Waals surface area contributed by atoms with Crippen LogP contribution in [-0.2, 0) is 11.3 Å². The predicted molar refractivity (Wildman–Crippen MR) is 95.8 cm³/mol. The number of carbonyl (C=O) groups is 1. The lowest BCUT2D eigenvalue weighted by Gasteiger charge is -2.07. The van der Waals surface area contributed by atoms with Gasteiger partial charge >= 0.3 is 0 Å². The van der Waals surface area contributed by atoms with Gasteiger partial charge in [-0.2, -0.15) is 0 Å². The van der Waals surface area contributed by atoms with E-state index in [2.05, 4.69) is 31.6 Å². The molecule has 0 saturated carbocycles. The number of hydrogen-bond acceptors (Lipinski definition) is 4. The van der Waals surface area contributed by atoms with Crippen LogP contribution in [0, 0.1) is 0 Å². The lowest BCUT2D eigenvalue weighted by atomic mass is 10.2. The van der Waals surface area contributed by atoms with Crippen molar-refractivity contribution < 1.29 is 4.79 Å². The monoisotopic (exact) mass is 386 g/mol. The molecule has 0 unspecified atom stereocenters. The van der Waals surface area contributed by atoms with E-state index >= 15 is 0 Å². The Bertz CT molecular complexity index is 939. The molecule has 3 aromatic rings. The van der Waals surface area contributed by atoms with Crippen LogP contribution in [0.5, 0.6) is 0 Å². The third-order valence-corrected chi connectivity index (χ3v) is 4.24. The summed E-state index contributed by atoms with van der Waals surface area (Å²) in [5.41, 5.74) is 1.11. The Morgan fingerprint density at radius 3 is 2.71 bits per heavy atom. The van der Waals surface area contributed by atoms with E-state index in [1.165, 1.54) is 4.68 Å². The van der Waals surface area contributed by atoms with E-state index in [1.807, 2.05) is 30.3 Å². The number of aryl methyl sites for hydroxylation is 1. The lowest BCUT2D eigenvalue weighted by Crippen LogP contribution is -2.25. The average molecular weight is 387 g/mol. The van der Waals surface area contributed by atoms with Crippen LogP contribution in [0.3, 0.4) is 0 Å². The van der Waals surface area contributed by atoms with Gasteiger partial charge < -0.3 is 5.32 Å². The van der Waals surface area contributed by atoms with Crippen LogP contribution in [0.25, 0.3) is 10.9 Å². The highest BCUT2D eigenvalue weighted by molar-refractivity contribution is 9.10. The number of anilines is 1. The van der Waals surface area contributed by atoms with Crippen LogP contribution in [0.4, 0.5) is 5.69 Å². The first-order valence-corrected chi connectivity index (χ1v) is 8.31. The van der Waals surface area contributed by atoms with Crippen molar-refractivity contribution in [2.75, 3.05) is 5.32 Å². The number of nitrogens with one attached hydrogen (secondary N) is 1. The number of carbonyl (C=O) groups excluding carboxylic acids is 1. The summed E-state index contributed by atoms with van der Waals surface area (Å²) in [7, 11) is 0. The Morgan fingerprint density at radius 1 is 1.12 bits per heavy atom. The van der Waals surface area contributed by atoms with Gasteiger partial charge in [-0.3, -0.25) is 9.59 Å². The quantitative estimate of drug-likeness (QED) is 0.730. The fourth-order valence-electron chi connectivity index (χ4n) is 2.33. The number of hydrogen-bond donors (Lipinski definition) is 1. The minimum absolute atomic E-state index is 0.108. The van der Waals surface area contributed by atoms with E-state index in [0.29, 0.717) is 30.3 Å². The number of amides is 1. The largest absolute Gasteiger partial charge is 0.325 e. The lowest BCUT2D eigenvalue weighted by molar-refractivity contribution is -0.116. The van der Waals surface area contributed by atoms with E-state index in [1.54, 1.807) is 18.2 Å². The zero-order valence-corrected chi connectivity index (χ0v) is 14.4. The molecule has 0 spiro atoms. The second-order valence-electron chi connectivity index (χ2n) is 5.27. The highest BCUT2D eigenvalue weighted by Crippen LogP contribution is 2.21. The smallest absolute Gasteiger partial charge is 0.277 e. The summed E-state index contributed by atoms with van der Waals surface area (Å²) in [6, 6.07) is 14.5. The van der Waals surface area contributed by atoms with Crippen molar-refractivity contribution in [3.8, 4) is 0 Å². The molecule has 1 N–H and O–H groups in total. The average Bonchev–Trinajstić information content (AvgIpc) is 2.59. The maximum Gasteiger partial charge on any atom is 0.277 e. The van der Waals surface area contributed by atoms with Crippen molar-refractivity contribution in [3.05, 3.63) is 63.4 Å². The van der Waals surface area contributed by atoms with Crippen molar-refractivity contribution in [3.63, 3.8) is 0 Å². The topological polar surface area (TPSA) is 76.9 Å². The highest BCUT2D eigenvalue weighted by Gasteiger charge is 2.08. The molecule has 2 aromatic carbocycles. The van der Waals surface area contributed by atoms with E-state index in [-0.39, 0.29) is 11.5 Å². The zero-order valence-electron chi connectivity index (χ0n) is 12.8. The summed E-state index contributed by atoms with van der Waals surface area (Å²) >= 11 is 3.38. The standard InChI is InChI=1S/C17H15BrN4O2/c18-13-7-2-4-9-15(13)19-16(23)10-5-11-22-17(24)12-6-1-3-8-14(12)20-21-22/h1-4,6-9H,5,10-11H2,(H,19,23). The molecule has 6 nitrogen and oxygen atoms in total. The van der Waals surface area contributed by atoms with Gasteiger partial charge in [0.15, 0.2) is 0 Å². The summed E-state index contributed by atoms with van der Waals surface area (Å²) < 4.78 is 2.13. The summed E-state index contributed by atoms with van der Waals surface area (Å²) in [5, 5.41) is 11.3. The second kappa shape index (κ2) is 7.35. The first kappa shape index (κ1) is 16.3. The second-order valence-corrected chi connectivity index (χ2v) is 6.12. The van der Waals surface area contributed by atoms with Gasteiger partial charge in [-0.1, -0.05) is 29.5 Å². The Hall–Kier alpha value is -2.54. The molecular formula is C17H15BrN4O2. The summed E-state index contributed by atoms with van der Waals surface area (Å²) in [6.07, 6.45) is 0.797. The van der Waals surface area contributed by atoms with Gasteiger partial charge in [0.05, 0.1) is 11.1 Å². The van der Waals surface area contributed by atoms with Crippen LogP contribution in [0.1, 0.15) is 12.8 Å². The van der Waals surface area contributed by atoms with Gasteiger partial charge in [-0.05, 0) is 46.6 Å². The maximum atomic E-state index is 12.3. The molecule has 7 heteroatoms. The minimum Gasteiger partial charge on any atom is -0.325 e. The van der Waals surface area contributed by atoms with Crippen LogP contribution in [-0.4, -0.2) is 20.9 Å². The number of para-hydroxylation sites is 1. The summed E-state index contributed by atoms with van der Waals surface area (Å²) in [5.74, 6) is -0.108. The van der Waals surface area contributed by atoms with Crippen LogP contribution in [0.15, 0.2) is 57.8 Å². The van der Waals surface area contributed by atoms with Gasteiger partial charge in [-0.25, -0.2) is 4.68 Å². The first-order chi connectivity index (χ1) is 11.6. The molecule has 24 heavy (non-hydrogen) atoms. The number of benzene rings is 2. The van der Waals surface area contributed by atoms with E-state index in [9.17, 15) is 9.59 Å². The Kier molecular flexibility index (Phi) is 5.00. The maximum absolute atomic E-state index is 12.3. The molecule has 0 fully saturated rings. The van der Waals surface area contributed by atoms with E-state index < -0.39 is 0 Å². The molecule has 0 aliphatic carbocycles. The molecule has 0 aliphatic heterocycles. The molecule has 3 rings (SSSR count). The highest BCUT2D eigenvalue weighted by atomic mass is 79.9. The van der Waals surface area contributed by atoms with Crippen LogP contribution < -0.4 is 10.9 Å². The van der Waals surface area contributed by atoms with Crippen LogP contribution >= 0.6 is 15.9 Å². The molecule has 0 bridgehead atoms. The number of fused-ring (bicyclic) bond motifs is 1. The fourth-order valence-corrected chi connectivity index (χ4v) is 2.72. The number of rotatable bonds is 5. The van der Waals surface area contributed by atoms with Crippen molar-refractivity contribution >= 4 is 38.4 Å². The van der Waals surface area contributed by atoms with Crippen molar-refractivity contribution in [1.82, 2.24) is 15.0 Å². The molecule has 1 aromatic heterocycles. The number of halogens is 1. The SMILES string of the molecule is O=C(CCCn1nnc2ccccc2c1=O)Nc1ccccc1Br. The van der Waals surface area contributed by atoms with Gasteiger partial charge in [0, 0.05) is 17.4 Å². The zero-order chi connectivity index (χ0) is 16.9. The van der Waals surface area contributed by atoms with Gasteiger partial charge in [0.2, 0.25) is 5.91 Å². The third kappa shape index (κ3) is 3.68. The Balaban J connectivity index is 1.60. The predicted octanol–water partition coefficient (Wildman–Crippen LogP) is 2.97. The van der Waals surface area contributed by atoms with Gasteiger partial charge in [0.25, 0.3) is 5.56 Å². The number of aromatic nitrogens is 3. The summed E-state index contributed by atoms with van der Waals surface area (Å²) in [6.45, 7) is 0.347. The Labute approximate surface area is 146 Å². The van der Waals surface area contributed by atoms with Crippen molar-refractivity contribution in [2.45, 2.75) is 19.4 Å². The van der Waals surface area contributed by atoms with Crippen molar-refractivity contribution in [1.29, 1.82) is 0 Å². The number of nitrogens with zero attached hydrogens (tertiary/aromatic N) is 3. The molecule has 0 atom stereocenters. The Morgan fingerprint density at radius 2 is 1.88 bits per heavy atom. The van der Waals surface area contributed by atoms with Crippen LogP contribution in [0.2, 0.25) is 0 Å². The summed E-state index contributed by atoms with van der Waals surface area (Å²) in [4.78, 5) is 24.3. The normalized spacial score (nSPS) is 10.7. The third-order valence-electron chi connectivity index (χ3n) is 3.55. The van der Waals surface area contributed by atoms with Gasteiger partial charge in [0.1, 0.15) is 5.52 Å². The van der Waals surface area contributed by atoms with Gasteiger partial charge in [-0.15, -0.1) is 5.10 Å². The first-order valence-electron chi connectivity index (χ1n) is 7.52. The fraction of sp³-hybridized carbons (Fsp3) is 0.176. The van der Waals surface area contributed by atoms with E-state index in [4.69, 9.17) is 0 Å². The molecule has 0 radical (unpaired) electrons.